The summed E-state index contributed by atoms with van der Waals surface area (Å²) in [5.41, 5.74) is 1.78. The normalized spacial score (nSPS) is 12.2. The molecular weight excluding hydrogens is 368 g/mol. The first-order valence-corrected chi connectivity index (χ1v) is 10.1. The molecule has 0 aliphatic carbocycles. The number of carbonyl (C=O) groups excluding carboxylic acids is 2. The molecule has 0 radical (unpaired) electrons. The van der Waals surface area contributed by atoms with Crippen molar-refractivity contribution >= 4 is 33.0 Å². The highest BCUT2D eigenvalue weighted by Crippen LogP contribution is 2.17. The van der Waals surface area contributed by atoms with Crippen molar-refractivity contribution in [3.63, 3.8) is 0 Å². The average molecular weight is 390 g/mol. The van der Waals surface area contributed by atoms with Crippen molar-refractivity contribution in [1.29, 1.82) is 0 Å². The van der Waals surface area contributed by atoms with Gasteiger partial charge in [0.2, 0.25) is 11.8 Å². The van der Waals surface area contributed by atoms with E-state index in [9.17, 15) is 23.1 Å². The maximum absolute atomic E-state index is 12.6. The molecule has 0 spiro atoms. The van der Waals surface area contributed by atoms with Crippen LogP contribution in [0.5, 0.6) is 5.75 Å². The Labute approximate surface area is 158 Å². The van der Waals surface area contributed by atoms with Crippen LogP contribution in [0.25, 0.3) is 0 Å². The minimum Gasteiger partial charge on any atom is -0.508 e. The zero-order chi connectivity index (χ0) is 20.0. The van der Waals surface area contributed by atoms with Crippen LogP contribution in [0.15, 0.2) is 48.5 Å². The zero-order valence-corrected chi connectivity index (χ0v) is 15.9. The van der Waals surface area contributed by atoms with Crippen molar-refractivity contribution in [3.05, 3.63) is 54.1 Å². The Hall–Kier alpha value is -2.87. The Balaban J connectivity index is 2.06. The van der Waals surface area contributed by atoms with E-state index < -0.39 is 32.7 Å². The molecule has 0 saturated carbocycles. The number of phenols is 1. The summed E-state index contributed by atoms with van der Waals surface area (Å²) in [5.74, 6) is -2.17. The average Bonchev–Trinajstić information content (AvgIpc) is 2.56. The summed E-state index contributed by atoms with van der Waals surface area (Å²) >= 11 is 0. The zero-order valence-electron chi connectivity index (χ0n) is 15.1. The quantitative estimate of drug-likeness (QED) is 0.629. The summed E-state index contributed by atoms with van der Waals surface area (Å²) in [6.45, 7) is 3.42. The van der Waals surface area contributed by atoms with E-state index >= 15 is 0 Å². The number of hydrogen-bond acceptors (Lipinski definition) is 5. The molecule has 0 bridgehead atoms. The van der Waals surface area contributed by atoms with Crippen molar-refractivity contribution in [2.45, 2.75) is 25.5 Å². The molecule has 8 heteroatoms. The third-order valence-corrected chi connectivity index (χ3v) is 5.94. The van der Waals surface area contributed by atoms with Crippen LogP contribution in [-0.2, 0) is 19.4 Å². The number of aryl methyl sites for hydroxylation is 1. The number of aromatic hydroxyl groups is 1. The summed E-state index contributed by atoms with van der Waals surface area (Å²) in [6.07, 6.45) is 0.0317. The molecule has 27 heavy (non-hydrogen) atoms. The molecule has 0 saturated heterocycles. The van der Waals surface area contributed by atoms with Gasteiger partial charge in [-0.05, 0) is 55.3 Å². The molecule has 0 heterocycles. The topological polar surface area (TPSA) is 113 Å². The summed E-state index contributed by atoms with van der Waals surface area (Å²) in [6, 6.07) is 12.6. The minimum atomic E-state index is -4.00. The van der Waals surface area contributed by atoms with Crippen LogP contribution in [0.1, 0.15) is 18.9 Å². The second-order valence-electron chi connectivity index (χ2n) is 6.16. The van der Waals surface area contributed by atoms with Crippen LogP contribution in [-0.4, -0.2) is 36.3 Å². The Morgan fingerprint density at radius 3 is 2.30 bits per heavy atom. The first-order chi connectivity index (χ1) is 12.7. The van der Waals surface area contributed by atoms with Crippen LogP contribution in [0, 0.1) is 6.92 Å². The number of sulfone groups is 1. The highest BCUT2D eigenvalue weighted by atomic mass is 32.2. The van der Waals surface area contributed by atoms with Crippen molar-refractivity contribution in [2.75, 3.05) is 16.4 Å². The fraction of sp³-hybridized carbons (Fsp3) is 0.263. The van der Waals surface area contributed by atoms with Crippen LogP contribution in [0.3, 0.4) is 0 Å². The molecule has 0 aliphatic heterocycles. The molecule has 0 fully saturated rings. The molecular formula is C19H22N2O5S. The SMILES string of the molecule is CCC(C(=O)Nc1ccc(O)cc1)S(=O)(=O)CC(=O)Nc1cccc(C)c1. The summed E-state index contributed by atoms with van der Waals surface area (Å²) in [7, 11) is -4.00. The maximum atomic E-state index is 12.6. The summed E-state index contributed by atoms with van der Waals surface area (Å²) in [5, 5.41) is 12.9. The number of rotatable bonds is 7. The predicted molar refractivity (Wildman–Crippen MR) is 104 cm³/mol. The van der Waals surface area contributed by atoms with E-state index in [2.05, 4.69) is 10.6 Å². The van der Waals surface area contributed by atoms with Crippen LogP contribution in [0.4, 0.5) is 11.4 Å². The standard InChI is InChI=1S/C19H22N2O5S/c1-3-17(19(24)21-14-7-9-16(22)10-8-14)27(25,26)12-18(23)20-15-6-4-5-13(2)11-15/h4-11,17,22H,3,12H2,1-2H3,(H,20,23)(H,21,24). The highest BCUT2D eigenvalue weighted by molar-refractivity contribution is 7.93. The lowest BCUT2D eigenvalue weighted by Crippen LogP contribution is -2.39. The number of anilines is 2. The Kier molecular flexibility index (Phi) is 6.57. The van der Waals surface area contributed by atoms with Gasteiger partial charge in [0.25, 0.3) is 0 Å². The number of benzene rings is 2. The van der Waals surface area contributed by atoms with E-state index in [1.165, 1.54) is 24.3 Å². The van der Waals surface area contributed by atoms with Crippen molar-refractivity contribution in [1.82, 2.24) is 0 Å². The van der Waals surface area contributed by atoms with Gasteiger partial charge in [0.1, 0.15) is 16.8 Å². The van der Waals surface area contributed by atoms with Gasteiger partial charge in [-0.2, -0.15) is 0 Å². The van der Waals surface area contributed by atoms with E-state index in [1.807, 2.05) is 13.0 Å². The first kappa shape index (κ1) is 20.4. The summed E-state index contributed by atoms with van der Waals surface area (Å²) in [4.78, 5) is 24.5. The second kappa shape index (κ2) is 8.68. The lowest BCUT2D eigenvalue weighted by Gasteiger charge is -2.16. The lowest BCUT2D eigenvalue weighted by atomic mass is 10.2. The molecule has 0 aliphatic rings. The molecule has 1 atom stereocenters. The molecule has 2 aromatic rings. The van der Waals surface area contributed by atoms with Gasteiger partial charge < -0.3 is 15.7 Å². The van der Waals surface area contributed by atoms with Gasteiger partial charge in [0.15, 0.2) is 9.84 Å². The van der Waals surface area contributed by atoms with Gasteiger partial charge in [0.05, 0.1) is 0 Å². The van der Waals surface area contributed by atoms with E-state index in [-0.39, 0.29) is 12.2 Å². The number of hydrogen-bond donors (Lipinski definition) is 3. The van der Waals surface area contributed by atoms with E-state index in [4.69, 9.17) is 0 Å². The molecule has 7 nitrogen and oxygen atoms in total. The van der Waals surface area contributed by atoms with Gasteiger partial charge >= 0.3 is 0 Å². The third-order valence-electron chi connectivity index (χ3n) is 3.87. The number of phenolic OH excluding ortho intramolecular Hbond substituents is 1. The van der Waals surface area contributed by atoms with Gasteiger partial charge in [-0.15, -0.1) is 0 Å². The van der Waals surface area contributed by atoms with E-state index in [0.29, 0.717) is 11.4 Å². The van der Waals surface area contributed by atoms with Gasteiger partial charge in [-0.1, -0.05) is 19.1 Å². The predicted octanol–water partition coefficient (Wildman–Crippen LogP) is 2.47. The molecule has 3 N–H and O–H groups in total. The van der Waals surface area contributed by atoms with Gasteiger partial charge in [0, 0.05) is 11.4 Å². The largest absolute Gasteiger partial charge is 0.508 e. The van der Waals surface area contributed by atoms with Gasteiger partial charge in [-0.25, -0.2) is 8.42 Å². The monoisotopic (exact) mass is 390 g/mol. The maximum Gasteiger partial charge on any atom is 0.242 e. The minimum absolute atomic E-state index is 0.0282. The number of amides is 2. The van der Waals surface area contributed by atoms with Crippen molar-refractivity contribution in [3.8, 4) is 5.75 Å². The van der Waals surface area contributed by atoms with E-state index in [0.717, 1.165) is 5.56 Å². The number of nitrogens with one attached hydrogen (secondary N) is 2. The molecule has 2 amide bonds. The van der Waals surface area contributed by atoms with E-state index in [1.54, 1.807) is 25.1 Å². The first-order valence-electron chi connectivity index (χ1n) is 8.39. The molecule has 144 valence electrons. The highest BCUT2D eigenvalue weighted by Gasteiger charge is 2.33. The molecule has 0 aromatic heterocycles. The van der Waals surface area contributed by atoms with Crippen molar-refractivity contribution in [2.24, 2.45) is 0 Å². The second-order valence-corrected chi connectivity index (χ2v) is 8.34. The molecule has 1 unspecified atom stereocenters. The lowest BCUT2D eigenvalue weighted by molar-refractivity contribution is -0.115. The Morgan fingerprint density at radius 1 is 1.04 bits per heavy atom. The Bertz CT molecular complexity index is 923. The van der Waals surface area contributed by atoms with Crippen LogP contribution < -0.4 is 10.6 Å². The fourth-order valence-electron chi connectivity index (χ4n) is 2.57. The molecule has 2 aromatic carbocycles. The number of carbonyl (C=O) groups is 2. The van der Waals surface area contributed by atoms with Crippen molar-refractivity contribution < 1.29 is 23.1 Å². The van der Waals surface area contributed by atoms with Crippen LogP contribution in [0.2, 0.25) is 0 Å². The Morgan fingerprint density at radius 2 is 1.70 bits per heavy atom. The smallest absolute Gasteiger partial charge is 0.242 e. The van der Waals surface area contributed by atoms with Crippen LogP contribution >= 0.6 is 0 Å². The summed E-state index contributed by atoms with van der Waals surface area (Å²) < 4.78 is 25.1. The third kappa shape index (κ3) is 5.82. The molecule has 2 rings (SSSR count). The fourth-order valence-corrected chi connectivity index (χ4v) is 4.10. The van der Waals surface area contributed by atoms with Gasteiger partial charge in [-0.3, -0.25) is 9.59 Å².